The first-order valence-corrected chi connectivity index (χ1v) is 6.37. The number of nitrogens with two attached hydrogens (primary N) is 1. The Bertz CT molecular complexity index is 731. The molecule has 3 rings (SSSR count). The van der Waals surface area contributed by atoms with E-state index >= 15 is 0 Å². The van der Waals surface area contributed by atoms with Crippen molar-refractivity contribution in [3.63, 3.8) is 0 Å². The Labute approximate surface area is 116 Å². The molecule has 0 bridgehead atoms. The van der Waals surface area contributed by atoms with Gasteiger partial charge in [-0.05, 0) is 24.6 Å². The van der Waals surface area contributed by atoms with E-state index in [2.05, 4.69) is 20.1 Å². The van der Waals surface area contributed by atoms with Crippen LogP contribution in [0.2, 0.25) is 0 Å². The Kier molecular flexibility index (Phi) is 2.98. The molecule has 2 N–H and O–H groups in total. The Morgan fingerprint density at radius 3 is 2.70 bits per heavy atom. The van der Waals surface area contributed by atoms with Gasteiger partial charge in [0.15, 0.2) is 5.82 Å². The lowest BCUT2D eigenvalue weighted by molar-refractivity contribution is 0.890. The minimum Gasteiger partial charge on any atom is -0.399 e. The van der Waals surface area contributed by atoms with E-state index < -0.39 is 0 Å². The van der Waals surface area contributed by atoms with Crippen LogP contribution in [0.1, 0.15) is 11.4 Å². The molecular formula is C14H16N6. The lowest BCUT2D eigenvalue weighted by Crippen LogP contribution is -2.18. The molecule has 3 aromatic rings. The highest BCUT2D eigenvalue weighted by atomic mass is 15.3. The topological polar surface area (TPSA) is 72.3 Å². The van der Waals surface area contributed by atoms with Gasteiger partial charge in [0.05, 0.1) is 0 Å². The normalized spacial score (nSPS) is 10.9. The predicted molar refractivity (Wildman–Crippen MR) is 78.5 cm³/mol. The van der Waals surface area contributed by atoms with E-state index in [4.69, 9.17) is 5.73 Å². The molecule has 0 atom stereocenters. The molecule has 0 aliphatic rings. The number of anilines is 2. The minimum atomic E-state index is 0.735. The minimum absolute atomic E-state index is 0.735. The molecule has 0 spiro atoms. The molecule has 0 saturated carbocycles. The highest BCUT2D eigenvalue weighted by molar-refractivity contribution is 5.63. The predicted octanol–water partition coefficient (Wildman–Crippen LogP) is 1.65. The molecule has 0 saturated heterocycles. The maximum Gasteiger partial charge on any atom is 0.203 e. The summed E-state index contributed by atoms with van der Waals surface area (Å²) >= 11 is 0. The Balaban J connectivity index is 1.92. The van der Waals surface area contributed by atoms with Crippen LogP contribution in [0, 0.1) is 6.92 Å². The average molecular weight is 268 g/mol. The van der Waals surface area contributed by atoms with Crippen LogP contribution in [0.3, 0.4) is 0 Å². The monoisotopic (exact) mass is 268 g/mol. The summed E-state index contributed by atoms with van der Waals surface area (Å²) in [6.07, 6.45) is 3.63. The summed E-state index contributed by atoms with van der Waals surface area (Å²) in [5.41, 5.74) is 8.40. The van der Waals surface area contributed by atoms with Crippen LogP contribution >= 0.6 is 0 Å². The smallest absolute Gasteiger partial charge is 0.203 e. The van der Waals surface area contributed by atoms with Gasteiger partial charge in [-0.15, -0.1) is 10.2 Å². The van der Waals surface area contributed by atoms with E-state index in [1.165, 1.54) is 5.56 Å². The summed E-state index contributed by atoms with van der Waals surface area (Å²) in [6.45, 7) is 2.66. The molecule has 0 amide bonds. The molecule has 20 heavy (non-hydrogen) atoms. The number of nitrogen functional groups attached to an aromatic ring is 1. The van der Waals surface area contributed by atoms with E-state index in [0.29, 0.717) is 0 Å². The van der Waals surface area contributed by atoms with Crippen molar-refractivity contribution in [2.75, 3.05) is 17.7 Å². The molecule has 6 nitrogen and oxygen atoms in total. The fourth-order valence-electron chi connectivity index (χ4n) is 2.17. The molecule has 0 aliphatic carbocycles. The fourth-order valence-corrected chi connectivity index (χ4v) is 2.17. The van der Waals surface area contributed by atoms with Gasteiger partial charge in [-0.1, -0.05) is 12.1 Å². The van der Waals surface area contributed by atoms with Crippen molar-refractivity contribution in [2.45, 2.75) is 13.5 Å². The lowest BCUT2D eigenvalue weighted by atomic mass is 10.2. The number of hydrogen-bond donors (Lipinski definition) is 1. The second-order valence-electron chi connectivity index (χ2n) is 4.79. The van der Waals surface area contributed by atoms with Crippen LogP contribution in [0.25, 0.3) is 5.65 Å². The number of aromatic nitrogens is 4. The molecule has 0 aliphatic heterocycles. The number of benzene rings is 1. The van der Waals surface area contributed by atoms with Crippen molar-refractivity contribution in [3.8, 4) is 0 Å². The Hall–Kier alpha value is -2.63. The zero-order chi connectivity index (χ0) is 14.1. The molecule has 2 heterocycles. The fraction of sp³-hybridized carbons (Fsp3) is 0.214. The summed E-state index contributed by atoms with van der Waals surface area (Å²) in [7, 11) is 1.99. The first-order valence-electron chi connectivity index (χ1n) is 6.37. The zero-order valence-corrected chi connectivity index (χ0v) is 11.5. The Morgan fingerprint density at radius 2 is 1.95 bits per heavy atom. The van der Waals surface area contributed by atoms with Gasteiger partial charge >= 0.3 is 0 Å². The summed E-state index contributed by atoms with van der Waals surface area (Å²) < 4.78 is 1.93. The average Bonchev–Trinajstić information content (AvgIpc) is 2.83. The highest BCUT2D eigenvalue weighted by Crippen LogP contribution is 2.18. The number of fused-ring (bicyclic) bond motifs is 1. The van der Waals surface area contributed by atoms with Crippen LogP contribution in [0.5, 0.6) is 0 Å². The highest BCUT2D eigenvalue weighted by Gasteiger charge is 2.12. The third kappa shape index (κ3) is 2.16. The van der Waals surface area contributed by atoms with Gasteiger partial charge in [0.2, 0.25) is 5.65 Å². The second kappa shape index (κ2) is 4.80. The van der Waals surface area contributed by atoms with Crippen LogP contribution in [-0.2, 0) is 6.54 Å². The summed E-state index contributed by atoms with van der Waals surface area (Å²) in [6, 6.07) is 7.83. The van der Waals surface area contributed by atoms with E-state index in [0.717, 1.165) is 29.5 Å². The van der Waals surface area contributed by atoms with Gasteiger partial charge in [0.25, 0.3) is 0 Å². The molecule has 0 fully saturated rings. The van der Waals surface area contributed by atoms with Gasteiger partial charge < -0.3 is 10.6 Å². The molecule has 0 unspecified atom stereocenters. The molecule has 102 valence electrons. The van der Waals surface area contributed by atoms with Crippen molar-refractivity contribution in [1.29, 1.82) is 0 Å². The van der Waals surface area contributed by atoms with E-state index in [1.807, 2.05) is 48.8 Å². The molecule has 0 radical (unpaired) electrons. The maximum absolute atomic E-state index is 5.70. The van der Waals surface area contributed by atoms with Crippen LogP contribution in [-0.4, -0.2) is 26.6 Å². The third-order valence-corrected chi connectivity index (χ3v) is 3.24. The van der Waals surface area contributed by atoms with E-state index in [9.17, 15) is 0 Å². The van der Waals surface area contributed by atoms with E-state index in [1.54, 1.807) is 6.20 Å². The summed E-state index contributed by atoms with van der Waals surface area (Å²) in [5.74, 6) is 1.66. The van der Waals surface area contributed by atoms with Crippen molar-refractivity contribution < 1.29 is 0 Å². The quantitative estimate of drug-likeness (QED) is 0.731. The molecular weight excluding hydrogens is 252 g/mol. The van der Waals surface area contributed by atoms with Crippen molar-refractivity contribution in [1.82, 2.24) is 19.6 Å². The van der Waals surface area contributed by atoms with E-state index in [-0.39, 0.29) is 0 Å². The summed E-state index contributed by atoms with van der Waals surface area (Å²) in [5, 5.41) is 8.27. The number of nitrogens with zero attached hydrogens (tertiary/aromatic N) is 5. The zero-order valence-electron chi connectivity index (χ0n) is 11.5. The van der Waals surface area contributed by atoms with Gasteiger partial charge in [-0.25, -0.2) is 4.98 Å². The number of aryl methyl sites for hydroxylation is 1. The van der Waals surface area contributed by atoms with Crippen LogP contribution in [0.4, 0.5) is 11.5 Å². The van der Waals surface area contributed by atoms with Crippen LogP contribution in [0.15, 0.2) is 36.7 Å². The first-order chi connectivity index (χ1) is 9.65. The van der Waals surface area contributed by atoms with Crippen LogP contribution < -0.4 is 10.6 Å². The molecule has 2 aromatic heterocycles. The largest absolute Gasteiger partial charge is 0.399 e. The maximum atomic E-state index is 5.70. The second-order valence-corrected chi connectivity index (χ2v) is 4.79. The molecule has 1 aromatic carbocycles. The van der Waals surface area contributed by atoms with Gasteiger partial charge in [-0.3, -0.25) is 4.40 Å². The number of hydrogen-bond acceptors (Lipinski definition) is 5. The Morgan fingerprint density at radius 1 is 1.20 bits per heavy atom. The van der Waals surface area contributed by atoms with Gasteiger partial charge in [-0.2, -0.15) is 0 Å². The van der Waals surface area contributed by atoms with Gasteiger partial charge in [0.1, 0.15) is 5.82 Å². The summed E-state index contributed by atoms with van der Waals surface area (Å²) in [4.78, 5) is 6.46. The molecule has 6 heteroatoms. The lowest BCUT2D eigenvalue weighted by Gasteiger charge is -2.18. The third-order valence-electron chi connectivity index (χ3n) is 3.24. The number of rotatable bonds is 3. The SMILES string of the molecule is Cc1nnc2c(N(C)Cc3ccc(N)cc3)nccn12. The first kappa shape index (κ1) is 12.4. The van der Waals surface area contributed by atoms with Crippen molar-refractivity contribution >= 4 is 17.2 Å². The van der Waals surface area contributed by atoms with Crippen molar-refractivity contribution in [2.24, 2.45) is 0 Å². The van der Waals surface area contributed by atoms with Gasteiger partial charge in [0, 0.05) is 31.7 Å². The standard InChI is InChI=1S/C14H16N6/c1-10-17-18-14-13(16-7-8-20(10)14)19(2)9-11-3-5-12(15)6-4-11/h3-8H,9,15H2,1-2H3. The van der Waals surface area contributed by atoms with Crippen molar-refractivity contribution in [3.05, 3.63) is 48.0 Å².